The fourth-order valence-corrected chi connectivity index (χ4v) is 8.72. The minimum Gasteiger partial charge on any atom is -0.391 e. The van der Waals surface area contributed by atoms with E-state index in [1.54, 1.807) is 0 Å². The third kappa shape index (κ3) is 2.50. The molecule has 32 heavy (non-hydrogen) atoms. The highest BCUT2D eigenvalue weighted by Gasteiger charge is 2.73. The minimum absolute atomic E-state index is 0.0443. The molecule has 6 atom stereocenters. The number of ether oxygens (including phenoxy) is 4. The van der Waals surface area contributed by atoms with Crippen LogP contribution in [0.1, 0.15) is 58.8 Å². The highest BCUT2D eigenvalue weighted by Crippen LogP contribution is 2.69. The average Bonchev–Trinajstić information content (AvgIpc) is 3.49. The van der Waals surface area contributed by atoms with Gasteiger partial charge in [0.2, 0.25) is 5.79 Å². The summed E-state index contributed by atoms with van der Waals surface area (Å²) in [6, 6.07) is 0. The van der Waals surface area contributed by atoms with Gasteiger partial charge in [-0.2, -0.15) is 0 Å². The summed E-state index contributed by atoms with van der Waals surface area (Å²) < 4.78 is 23.7. The van der Waals surface area contributed by atoms with E-state index in [-0.39, 0.29) is 29.0 Å². The summed E-state index contributed by atoms with van der Waals surface area (Å²) in [5.41, 5.74) is -0.944. The monoisotopic (exact) mass is 448 g/mol. The molecule has 7 nitrogen and oxygen atoms in total. The second kappa shape index (κ2) is 6.86. The molecule has 0 amide bonds. The summed E-state index contributed by atoms with van der Waals surface area (Å²) in [4.78, 5) is 13.9. The Balaban J connectivity index is 1.36. The Morgan fingerprint density at radius 3 is 2.38 bits per heavy atom. The second-order valence-corrected chi connectivity index (χ2v) is 11.5. The van der Waals surface area contributed by atoms with E-state index in [0.29, 0.717) is 39.3 Å². The molecule has 7 heteroatoms. The van der Waals surface area contributed by atoms with Gasteiger partial charge in [0.1, 0.15) is 18.0 Å². The number of rotatable bonds is 2. The van der Waals surface area contributed by atoms with Gasteiger partial charge in [-0.3, -0.25) is 4.79 Å². The van der Waals surface area contributed by atoms with Gasteiger partial charge in [-0.25, -0.2) is 0 Å². The van der Waals surface area contributed by atoms with Gasteiger partial charge in [0, 0.05) is 30.6 Å². The van der Waals surface area contributed by atoms with Gasteiger partial charge in [-0.1, -0.05) is 25.5 Å². The molecule has 1 spiro atoms. The molecule has 0 aromatic rings. The summed E-state index contributed by atoms with van der Waals surface area (Å²) in [6.07, 6.45) is 7.21. The van der Waals surface area contributed by atoms with Crippen molar-refractivity contribution in [3.63, 3.8) is 0 Å². The minimum atomic E-state index is -1.43. The zero-order valence-corrected chi connectivity index (χ0v) is 19.2. The van der Waals surface area contributed by atoms with Gasteiger partial charge in [-0.15, -0.1) is 0 Å². The van der Waals surface area contributed by atoms with Crippen molar-refractivity contribution in [2.75, 3.05) is 33.0 Å². The second-order valence-electron chi connectivity index (χ2n) is 11.5. The van der Waals surface area contributed by atoms with Crippen LogP contribution in [0, 0.1) is 28.6 Å². The maximum atomic E-state index is 13.9. The smallest absolute Gasteiger partial charge is 0.222 e. The van der Waals surface area contributed by atoms with E-state index < -0.39 is 29.2 Å². The number of ketones is 1. The molecule has 2 saturated heterocycles. The van der Waals surface area contributed by atoms with Crippen LogP contribution in [0.5, 0.6) is 0 Å². The predicted molar refractivity (Wildman–Crippen MR) is 113 cm³/mol. The Labute approximate surface area is 189 Å². The number of carbonyl (C=O) groups excluding carboxylic acids is 1. The Bertz CT molecular complexity index is 841. The third-order valence-corrected chi connectivity index (χ3v) is 10.4. The molecule has 3 saturated carbocycles. The number of hydrogen-bond donors (Lipinski definition) is 2. The van der Waals surface area contributed by atoms with E-state index in [4.69, 9.17) is 18.9 Å². The number of Topliss-reactive ketones (excluding diaryl/α,β-unsaturated/α-hetero) is 1. The van der Waals surface area contributed by atoms with Crippen LogP contribution in [0.15, 0.2) is 11.6 Å². The Morgan fingerprint density at radius 2 is 1.69 bits per heavy atom. The molecule has 4 aliphatic carbocycles. The molecule has 2 heterocycles. The molecule has 0 unspecified atom stereocenters. The first kappa shape index (κ1) is 21.7. The molecular formula is C25H36O7. The molecule has 6 rings (SSSR count). The van der Waals surface area contributed by atoms with Crippen molar-refractivity contribution in [2.24, 2.45) is 28.6 Å². The Hall–Kier alpha value is -0.830. The van der Waals surface area contributed by atoms with Crippen molar-refractivity contribution in [2.45, 2.75) is 76.0 Å². The van der Waals surface area contributed by atoms with Crippen molar-refractivity contribution in [1.82, 2.24) is 0 Å². The lowest BCUT2D eigenvalue weighted by atomic mass is 9.46. The Kier molecular flexibility index (Phi) is 4.65. The van der Waals surface area contributed by atoms with Crippen LogP contribution < -0.4 is 0 Å². The first-order valence-corrected chi connectivity index (χ1v) is 12.3. The van der Waals surface area contributed by atoms with E-state index in [1.807, 2.05) is 6.92 Å². The van der Waals surface area contributed by atoms with Gasteiger partial charge in [0.25, 0.3) is 0 Å². The van der Waals surface area contributed by atoms with Crippen LogP contribution in [0.25, 0.3) is 0 Å². The Morgan fingerprint density at radius 1 is 1.00 bits per heavy atom. The highest BCUT2D eigenvalue weighted by molar-refractivity contribution is 5.85. The van der Waals surface area contributed by atoms with Gasteiger partial charge < -0.3 is 29.2 Å². The van der Waals surface area contributed by atoms with Crippen molar-refractivity contribution >= 4 is 5.78 Å². The summed E-state index contributed by atoms with van der Waals surface area (Å²) >= 11 is 0. The highest BCUT2D eigenvalue weighted by atomic mass is 16.8. The zero-order valence-electron chi connectivity index (χ0n) is 19.2. The number of fused-ring (bicyclic) bond motifs is 5. The average molecular weight is 449 g/mol. The summed E-state index contributed by atoms with van der Waals surface area (Å²) in [7, 11) is 0. The number of allylic oxidation sites excluding steroid dienone is 1. The number of carbonyl (C=O) groups is 1. The van der Waals surface area contributed by atoms with Crippen molar-refractivity contribution in [3.05, 3.63) is 11.6 Å². The molecular weight excluding hydrogens is 412 g/mol. The van der Waals surface area contributed by atoms with Gasteiger partial charge >= 0.3 is 0 Å². The first-order valence-electron chi connectivity index (χ1n) is 12.3. The summed E-state index contributed by atoms with van der Waals surface area (Å²) in [6.45, 7) is 5.86. The van der Waals surface area contributed by atoms with Crippen LogP contribution in [0.4, 0.5) is 0 Å². The molecule has 2 N–H and O–H groups in total. The van der Waals surface area contributed by atoms with E-state index in [9.17, 15) is 15.0 Å². The molecule has 2 aliphatic heterocycles. The fraction of sp³-hybridized carbons (Fsp3) is 0.880. The van der Waals surface area contributed by atoms with Crippen LogP contribution in [-0.2, 0) is 23.7 Å². The maximum Gasteiger partial charge on any atom is 0.222 e. The molecule has 0 bridgehead atoms. The molecule has 178 valence electrons. The lowest BCUT2D eigenvalue weighted by Gasteiger charge is -2.60. The molecule has 0 aromatic carbocycles. The normalized spacial score (nSPS) is 48.9. The SMILES string of the molecule is C[C@]12CCC3(CC1=CC[C@@H]1[C@@H]2C(=O)C[C@]2(C)[C@H]1CC[C@]2(O)C1(CO)OCCO1)OCCO3. The quantitative estimate of drug-likeness (QED) is 0.626. The van der Waals surface area contributed by atoms with Gasteiger partial charge in [-0.05, 0) is 42.9 Å². The number of aliphatic hydroxyl groups is 2. The largest absolute Gasteiger partial charge is 0.391 e. The van der Waals surface area contributed by atoms with Crippen LogP contribution >= 0.6 is 0 Å². The van der Waals surface area contributed by atoms with Gasteiger partial charge in [0.15, 0.2) is 5.79 Å². The lowest BCUT2D eigenvalue weighted by molar-refractivity contribution is -0.317. The van der Waals surface area contributed by atoms with Crippen molar-refractivity contribution < 1.29 is 34.0 Å². The van der Waals surface area contributed by atoms with Crippen molar-refractivity contribution in [3.8, 4) is 0 Å². The van der Waals surface area contributed by atoms with Crippen LogP contribution in [-0.4, -0.2) is 66.2 Å². The predicted octanol–water partition coefficient (Wildman–Crippen LogP) is 2.34. The van der Waals surface area contributed by atoms with Gasteiger partial charge in [0.05, 0.1) is 26.4 Å². The lowest BCUT2D eigenvalue weighted by Crippen LogP contribution is -2.67. The zero-order chi connectivity index (χ0) is 22.4. The third-order valence-electron chi connectivity index (χ3n) is 10.4. The number of hydrogen-bond acceptors (Lipinski definition) is 7. The summed E-state index contributed by atoms with van der Waals surface area (Å²) in [5.74, 6) is -1.38. The first-order chi connectivity index (χ1) is 15.2. The molecule has 5 fully saturated rings. The summed E-state index contributed by atoms with van der Waals surface area (Å²) in [5, 5.41) is 22.2. The molecule has 0 radical (unpaired) electrons. The van der Waals surface area contributed by atoms with E-state index in [1.165, 1.54) is 5.57 Å². The van der Waals surface area contributed by atoms with Crippen molar-refractivity contribution in [1.29, 1.82) is 0 Å². The standard InChI is InChI=1S/C25H36O7/c1-21-7-8-23(29-9-10-30-23)13-16(21)3-4-17-18-5-6-24(28,25(15-26)31-11-12-32-25)22(18,2)14-19(27)20(17)21/h3,17-18,20,26,28H,4-15H2,1-2H3/t17-,18-,20+,21-,22+,24+/m0/s1. The number of aliphatic hydroxyl groups excluding tert-OH is 1. The molecule has 6 aliphatic rings. The van der Waals surface area contributed by atoms with Crippen LogP contribution in [0.2, 0.25) is 0 Å². The van der Waals surface area contributed by atoms with E-state index >= 15 is 0 Å². The maximum absolute atomic E-state index is 13.9. The molecule has 0 aromatic heterocycles. The topological polar surface area (TPSA) is 94.5 Å². The van der Waals surface area contributed by atoms with Crippen LogP contribution in [0.3, 0.4) is 0 Å². The fourth-order valence-electron chi connectivity index (χ4n) is 8.72. The van der Waals surface area contributed by atoms with E-state index in [0.717, 1.165) is 32.1 Å². The van der Waals surface area contributed by atoms with E-state index in [2.05, 4.69) is 13.0 Å².